The molecule has 1 aliphatic carbocycles. The molecular formula is C21H23N3O5. The van der Waals surface area contributed by atoms with Gasteiger partial charge in [-0.1, -0.05) is 18.9 Å². The van der Waals surface area contributed by atoms with E-state index in [1.807, 2.05) is 13.0 Å². The average molecular weight is 397 g/mol. The van der Waals surface area contributed by atoms with Gasteiger partial charge in [-0.05, 0) is 38.3 Å². The summed E-state index contributed by atoms with van der Waals surface area (Å²) in [4.78, 5) is 55.5. The molecule has 0 bridgehead atoms. The smallest absolute Gasteiger partial charge is 0.329 e. The van der Waals surface area contributed by atoms with Crippen LogP contribution in [0.1, 0.15) is 43.9 Å². The third-order valence-corrected chi connectivity index (χ3v) is 5.91. The fourth-order valence-electron chi connectivity index (χ4n) is 4.32. The van der Waals surface area contributed by atoms with Crippen LogP contribution < -0.4 is 5.56 Å². The zero-order valence-electron chi connectivity index (χ0n) is 16.5. The standard InChI is InChI=1S/C21H23N3O5/c1-12-6-5-9-23-17(25)10-14(22-18(12)23)11-29-21(28)13(2)24-19(26)15-7-3-4-8-16(15)20(24)27/h5-6,9-10,13,15-16H,3-4,7-8,11H2,1-2H3/t13-,15-,16-/m0/s1. The van der Waals surface area contributed by atoms with Crippen LogP contribution >= 0.6 is 0 Å². The van der Waals surface area contributed by atoms with Crippen LogP contribution in [0.3, 0.4) is 0 Å². The van der Waals surface area contributed by atoms with Crippen LogP contribution in [0.5, 0.6) is 0 Å². The van der Waals surface area contributed by atoms with Crippen molar-refractivity contribution in [3.05, 3.63) is 46.0 Å². The number of esters is 1. The molecule has 2 aromatic heterocycles. The van der Waals surface area contributed by atoms with Gasteiger partial charge in [0.15, 0.2) is 0 Å². The fraction of sp³-hybridized carbons (Fsp3) is 0.476. The molecule has 3 heterocycles. The maximum atomic E-state index is 12.6. The van der Waals surface area contributed by atoms with Gasteiger partial charge < -0.3 is 4.74 Å². The molecule has 1 saturated heterocycles. The Labute approximate surface area is 167 Å². The predicted octanol–water partition coefficient (Wildman–Crippen LogP) is 1.61. The van der Waals surface area contributed by atoms with Crippen molar-refractivity contribution in [1.29, 1.82) is 0 Å². The van der Waals surface area contributed by atoms with E-state index in [4.69, 9.17) is 4.74 Å². The molecule has 2 aromatic rings. The summed E-state index contributed by atoms with van der Waals surface area (Å²) in [7, 11) is 0. The molecule has 2 aliphatic rings. The molecule has 4 rings (SSSR count). The molecule has 2 fully saturated rings. The third kappa shape index (κ3) is 3.32. The number of hydrogen-bond acceptors (Lipinski definition) is 6. The van der Waals surface area contributed by atoms with Crippen molar-refractivity contribution in [2.75, 3.05) is 0 Å². The highest BCUT2D eigenvalue weighted by Gasteiger charge is 2.51. The summed E-state index contributed by atoms with van der Waals surface area (Å²) < 4.78 is 6.72. The molecule has 1 saturated carbocycles. The Morgan fingerprint density at radius 1 is 1.21 bits per heavy atom. The van der Waals surface area contributed by atoms with Crippen LogP contribution in [0.2, 0.25) is 0 Å². The first-order valence-electron chi connectivity index (χ1n) is 9.90. The van der Waals surface area contributed by atoms with E-state index < -0.39 is 12.0 Å². The highest BCUT2D eigenvalue weighted by Crippen LogP contribution is 2.38. The van der Waals surface area contributed by atoms with E-state index >= 15 is 0 Å². The van der Waals surface area contributed by atoms with Gasteiger partial charge in [0, 0.05) is 12.3 Å². The molecule has 0 N–H and O–H groups in total. The molecule has 1 aliphatic heterocycles. The van der Waals surface area contributed by atoms with Gasteiger partial charge in [-0.3, -0.25) is 23.7 Å². The number of carbonyl (C=O) groups excluding carboxylic acids is 3. The van der Waals surface area contributed by atoms with Gasteiger partial charge in [0.2, 0.25) is 11.8 Å². The summed E-state index contributed by atoms with van der Waals surface area (Å²) >= 11 is 0. The molecule has 0 aromatic carbocycles. The third-order valence-electron chi connectivity index (χ3n) is 5.91. The minimum atomic E-state index is -0.996. The number of ether oxygens (including phenoxy) is 1. The number of amides is 2. The monoisotopic (exact) mass is 397 g/mol. The van der Waals surface area contributed by atoms with E-state index in [0.29, 0.717) is 24.2 Å². The van der Waals surface area contributed by atoms with Gasteiger partial charge in [-0.2, -0.15) is 0 Å². The van der Waals surface area contributed by atoms with Gasteiger partial charge in [0.1, 0.15) is 18.3 Å². The second-order valence-corrected chi connectivity index (χ2v) is 7.80. The number of fused-ring (bicyclic) bond motifs is 2. The zero-order valence-corrected chi connectivity index (χ0v) is 16.5. The van der Waals surface area contributed by atoms with E-state index in [0.717, 1.165) is 23.3 Å². The van der Waals surface area contributed by atoms with Gasteiger partial charge in [-0.15, -0.1) is 0 Å². The van der Waals surface area contributed by atoms with E-state index in [-0.39, 0.29) is 35.8 Å². The molecule has 8 nitrogen and oxygen atoms in total. The van der Waals surface area contributed by atoms with Crippen molar-refractivity contribution in [3.63, 3.8) is 0 Å². The van der Waals surface area contributed by atoms with Gasteiger partial charge in [0.05, 0.1) is 17.5 Å². The maximum absolute atomic E-state index is 12.6. The number of carbonyl (C=O) groups is 3. The van der Waals surface area contributed by atoms with Crippen LogP contribution in [0.25, 0.3) is 5.65 Å². The maximum Gasteiger partial charge on any atom is 0.329 e. The summed E-state index contributed by atoms with van der Waals surface area (Å²) in [6.07, 6.45) is 4.86. The number of pyridine rings is 1. The van der Waals surface area contributed by atoms with E-state index in [1.165, 1.54) is 17.4 Å². The van der Waals surface area contributed by atoms with Gasteiger partial charge in [0.25, 0.3) is 5.56 Å². The molecule has 152 valence electrons. The van der Waals surface area contributed by atoms with Crippen molar-refractivity contribution in [3.8, 4) is 0 Å². The normalized spacial score (nSPS) is 22.6. The number of imide groups is 1. The Morgan fingerprint density at radius 3 is 2.52 bits per heavy atom. The van der Waals surface area contributed by atoms with Crippen molar-refractivity contribution in [2.45, 2.75) is 52.2 Å². The number of aryl methyl sites for hydroxylation is 1. The number of likely N-dealkylation sites (tertiary alicyclic amines) is 1. The number of rotatable bonds is 4. The van der Waals surface area contributed by atoms with Gasteiger partial charge in [-0.25, -0.2) is 9.78 Å². The van der Waals surface area contributed by atoms with Crippen LogP contribution in [-0.2, 0) is 25.7 Å². The molecule has 29 heavy (non-hydrogen) atoms. The highest BCUT2D eigenvalue weighted by molar-refractivity contribution is 6.07. The molecular weight excluding hydrogens is 374 g/mol. The van der Waals surface area contributed by atoms with Crippen LogP contribution in [0.15, 0.2) is 29.2 Å². The molecule has 0 unspecified atom stereocenters. The fourth-order valence-corrected chi connectivity index (χ4v) is 4.32. The Balaban J connectivity index is 1.48. The molecule has 0 radical (unpaired) electrons. The molecule has 0 spiro atoms. The highest BCUT2D eigenvalue weighted by atomic mass is 16.5. The Hall–Kier alpha value is -3.03. The quantitative estimate of drug-likeness (QED) is 0.574. The predicted molar refractivity (Wildman–Crippen MR) is 103 cm³/mol. The Bertz CT molecular complexity index is 1040. The first-order chi connectivity index (χ1) is 13.9. The zero-order chi connectivity index (χ0) is 20.7. The second-order valence-electron chi connectivity index (χ2n) is 7.80. The molecule has 2 amide bonds. The van der Waals surface area contributed by atoms with Crippen LogP contribution in [0.4, 0.5) is 0 Å². The van der Waals surface area contributed by atoms with Crippen molar-refractivity contribution in [1.82, 2.24) is 14.3 Å². The number of aromatic nitrogens is 2. The lowest BCUT2D eigenvalue weighted by Gasteiger charge is -2.21. The summed E-state index contributed by atoms with van der Waals surface area (Å²) in [5.74, 6) is -1.85. The minimum Gasteiger partial charge on any atom is -0.458 e. The number of nitrogens with zero attached hydrogens (tertiary/aromatic N) is 3. The number of hydrogen-bond donors (Lipinski definition) is 0. The van der Waals surface area contributed by atoms with E-state index in [1.54, 1.807) is 12.3 Å². The summed E-state index contributed by atoms with van der Waals surface area (Å²) in [6, 6.07) is 3.91. The van der Waals surface area contributed by atoms with Crippen molar-refractivity contribution >= 4 is 23.4 Å². The largest absolute Gasteiger partial charge is 0.458 e. The lowest BCUT2D eigenvalue weighted by molar-refractivity contribution is -0.159. The summed E-state index contributed by atoms with van der Waals surface area (Å²) in [6.45, 7) is 3.14. The van der Waals surface area contributed by atoms with Crippen LogP contribution in [-0.4, -0.2) is 38.1 Å². The average Bonchev–Trinajstić information content (AvgIpc) is 2.97. The summed E-state index contributed by atoms with van der Waals surface area (Å²) in [5, 5.41) is 0. The summed E-state index contributed by atoms with van der Waals surface area (Å²) in [5.41, 5.74) is 1.36. The van der Waals surface area contributed by atoms with Crippen molar-refractivity contribution in [2.24, 2.45) is 11.8 Å². The van der Waals surface area contributed by atoms with Gasteiger partial charge >= 0.3 is 5.97 Å². The Kier molecular flexibility index (Phi) is 4.94. The topological polar surface area (TPSA) is 98.0 Å². The lowest BCUT2D eigenvalue weighted by atomic mass is 9.81. The minimum absolute atomic E-state index is 0.202. The SMILES string of the molecule is Cc1cccn2c(=O)cc(COC(=O)[C@H](C)N3C(=O)[C@H]4CCCC[C@@H]4C3=O)nc12. The molecule has 8 heteroatoms. The van der Waals surface area contributed by atoms with Crippen molar-refractivity contribution < 1.29 is 19.1 Å². The Morgan fingerprint density at radius 2 is 1.86 bits per heavy atom. The van der Waals surface area contributed by atoms with E-state index in [2.05, 4.69) is 4.98 Å². The second kappa shape index (κ2) is 7.42. The first-order valence-corrected chi connectivity index (χ1v) is 9.90. The van der Waals surface area contributed by atoms with Crippen LogP contribution in [0, 0.1) is 18.8 Å². The lowest BCUT2D eigenvalue weighted by Crippen LogP contribution is -2.44. The molecule has 3 atom stereocenters. The van der Waals surface area contributed by atoms with E-state index in [9.17, 15) is 19.2 Å². The first kappa shape index (κ1) is 19.3.